The lowest BCUT2D eigenvalue weighted by atomic mass is 10.2. The summed E-state index contributed by atoms with van der Waals surface area (Å²) in [6.45, 7) is 2.06. The molecule has 0 fully saturated rings. The fourth-order valence-electron chi connectivity index (χ4n) is 1.56. The van der Waals surface area contributed by atoms with Crippen molar-refractivity contribution < 1.29 is 9.00 Å². The van der Waals surface area contributed by atoms with Crippen LogP contribution in [0.4, 0.5) is 5.13 Å². The summed E-state index contributed by atoms with van der Waals surface area (Å²) in [5.74, 6) is 0.441. The van der Waals surface area contributed by atoms with Crippen molar-refractivity contribution >= 4 is 33.2 Å². The molecular formula is C14H16N2O2S2. The van der Waals surface area contributed by atoms with Crippen molar-refractivity contribution in [1.82, 2.24) is 4.98 Å². The first-order valence-electron chi connectivity index (χ1n) is 6.41. The molecule has 0 saturated heterocycles. The van der Waals surface area contributed by atoms with Crippen LogP contribution in [0.2, 0.25) is 0 Å². The van der Waals surface area contributed by atoms with E-state index in [1.54, 1.807) is 18.3 Å². The summed E-state index contributed by atoms with van der Waals surface area (Å²) in [6.07, 6.45) is 3.52. The molecule has 1 aromatic carbocycles. The van der Waals surface area contributed by atoms with Crippen LogP contribution >= 0.6 is 11.3 Å². The van der Waals surface area contributed by atoms with Crippen LogP contribution in [0.25, 0.3) is 0 Å². The van der Waals surface area contributed by atoms with Crippen LogP contribution in [0.1, 0.15) is 30.1 Å². The Morgan fingerprint density at radius 1 is 1.35 bits per heavy atom. The zero-order valence-corrected chi connectivity index (χ0v) is 12.8. The normalized spacial score (nSPS) is 12.1. The van der Waals surface area contributed by atoms with Gasteiger partial charge in [0.15, 0.2) is 5.13 Å². The molecule has 2 rings (SSSR count). The highest BCUT2D eigenvalue weighted by Gasteiger charge is 2.11. The Balaban J connectivity index is 1.99. The highest BCUT2D eigenvalue weighted by Crippen LogP contribution is 2.22. The zero-order chi connectivity index (χ0) is 14.4. The van der Waals surface area contributed by atoms with Crippen molar-refractivity contribution in [2.45, 2.75) is 24.0 Å². The number of nitrogens with zero attached hydrogens (tertiary/aromatic N) is 1. The highest BCUT2D eigenvalue weighted by molar-refractivity contribution is 7.87. The molecule has 1 heterocycles. The lowest BCUT2D eigenvalue weighted by Gasteiger charge is -2.00. The van der Waals surface area contributed by atoms with Crippen LogP contribution in [0.3, 0.4) is 0 Å². The SMILES string of the molecule is CCCCS(=O)c1cnc(NC(=O)c2ccccc2)s1. The Bertz CT molecular complexity index is 596. The van der Waals surface area contributed by atoms with Gasteiger partial charge in [-0.05, 0) is 18.6 Å². The number of nitrogens with one attached hydrogen (secondary N) is 1. The van der Waals surface area contributed by atoms with E-state index in [9.17, 15) is 9.00 Å². The fraction of sp³-hybridized carbons (Fsp3) is 0.286. The number of hydrogen-bond donors (Lipinski definition) is 1. The van der Waals surface area contributed by atoms with Crippen LogP contribution in [-0.4, -0.2) is 20.9 Å². The second kappa shape index (κ2) is 7.31. The number of thiazole rings is 1. The summed E-state index contributed by atoms with van der Waals surface area (Å²) in [4.78, 5) is 16.0. The second-order valence-electron chi connectivity index (χ2n) is 4.21. The number of carbonyl (C=O) groups is 1. The fourth-order valence-corrected chi connectivity index (χ4v) is 3.88. The largest absolute Gasteiger partial charge is 0.298 e. The lowest BCUT2D eigenvalue weighted by molar-refractivity contribution is 0.102. The zero-order valence-electron chi connectivity index (χ0n) is 11.2. The van der Waals surface area contributed by atoms with Crippen LogP contribution in [0.5, 0.6) is 0 Å². The Hall–Kier alpha value is -1.53. The van der Waals surface area contributed by atoms with Gasteiger partial charge in [-0.15, -0.1) is 0 Å². The van der Waals surface area contributed by atoms with E-state index in [4.69, 9.17) is 0 Å². The third-order valence-corrected chi connectivity index (χ3v) is 5.38. The minimum absolute atomic E-state index is 0.203. The molecule has 4 nitrogen and oxygen atoms in total. The molecule has 0 saturated carbocycles. The Morgan fingerprint density at radius 3 is 2.80 bits per heavy atom. The standard InChI is InChI=1S/C14H16N2O2S2/c1-2-3-9-20(18)12-10-15-14(19-12)16-13(17)11-7-5-4-6-8-11/h4-8,10H,2-3,9H2,1H3,(H,15,16,17). The predicted octanol–water partition coefficient (Wildman–Crippen LogP) is 3.30. The van der Waals surface area contributed by atoms with Gasteiger partial charge >= 0.3 is 0 Å². The molecule has 0 spiro atoms. The summed E-state index contributed by atoms with van der Waals surface area (Å²) >= 11 is 1.27. The van der Waals surface area contributed by atoms with Gasteiger partial charge in [0, 0.05) is 11.3 Å². The molecule has 0 aliphatic rings. The van der Waals surface area contributed by atoms with E-state index in [2.05, 4.69) is 17.2 Å². The van der Waals surface area contributed by atoms with Crippen molar-refractivity contribution in [3.8, 4) is 0 Å². The summed E-state index contributed by atoms with van der Waals surface area (Å²) in [6, 6.07) is 8.95. The van der Waals surface area contributed by atoms with Gasteiger partial charge in [-0.2, -0.15) is 0 Å². The molecule has 1 unspecified atom stereocenters. The Labute approximate surface area is 124 Å². The maximum absolute atomic E-state index is 11.9. The molecule has 106 valence electrons. The van der Waals surface area contributed by atoms with Crippen LogP contribution < -0.4 is 5.32 Å². The Morgan fingerprint density at radius 2 is 2.10 bits per heavy atom. The molecule has 6 heteroatoms. The minimum atomic E-state index is -1.02. The molecule has 20 heavy (non-hydrogen) atoms. The number of benzene rings is 1. The van der Waals surface area contributed by atoms with Crippen LogP contribution in [-0.2, 0) is 10.8 Å². The van der Waals surface area contributed by atoms with Crippen molar-refractivity contribution in [3.63, 3.8) is 0 Å². The number of unbranched alkanes of at least 4 members (excludes halogenated alkanes) is 1. The number of rotatable bonds is 6. The summed E-state index contributed by atoms with van der Waals surface area (Å²) in [7, 11) is -1.02. The first-order valence-corrected chi connectivity index (χ1v) is 8.55. The van der Waals surface area contributed by atoms with E-state index < -0.39 is 10.8 Å². The quantitative estimate of drug-likeness (QED) is 0.890. The molecule has 1 aromatic heterocycles. The van der Waals surface area contributed by atoms with Gasteiger partial charge in [-0.1, -0.05) is 42.9 Å². The first kappa shape index (κ1) is 14.9. The second-order valence-corrected chi connectivity index (χ2v) is 7.04. The maximum Gasteiger partial charge on any atom is 0.257 e. The third-order valence-electron chi connectivity index (χ3n) is 2.65. The molecule has 0 bridgehead atoms. The number of aromatic nitrogens is 1. The summed E-state index contributed by atoms with van der Waals surface area (Å²) in [5, 5.41) is 3.21. The van der Waals surface area contributed by atoms with Crippen LogP contribution in [0, 0.1) is 0 Å². The molecule has 0 aliphatic heterocycles. The average Bonchev–Trinajstić information content (AvgIpc) is 2.94. The predicted molar refractivity (Wildman–Crippen MR) is 82.7 cm³/mol. The molecule has 1 N–H and O–H groups in total. The lowest BCUT2D eigenvalue weighted by Crippen LogP contribution is -2.11. The van der Waals surface area contributed by atoms with Gasteiger partial charge < -0.3 is 0 Å². The molecule has 0 aliphatic carbocycles. The van der Waals surface area contributed by atoms with Gasteiger partial charge in [-0.3, -0.25) is 14.3 Å². The molecule has 0 radical (unpaired) electrons. The van der Waals surface area contributed by atoms with Crippen molar-refractivity contribution in [3.05, 3.63) is 42.1 Å². The maximum atomic E-state index is 11.9. The number of amides is 1. The number of carbonyl (C=O) groups excluding carboxylic acids is 1. The summed E-state index contributed by atoms with van der Waals surface area (Å²) < 4.78 is 12.7. The third kappa shape index (κ3) is 3.98. The van der Waals surface area contributed by atoms with Crippen molar-refractivity contribution in [1.29, 1.82) is 0 Å². The van der Waals surface area contributed by atoms with E-state index in [0.29, 0.717) is 20.7 Å². The van der Waals surface area contributed by atoms with Crippen LogP contribution in [0.15, 0.2) is 40.7 Å². The monoisotopic (exact) mass is 308 g/mol. The van der Waals surface area contributed by atoms with Gasteiger partial charge in [0.2, 0.25) is 0 Å². The smallest absolute Gasteiger partial charge is 0.257 e. The summed E-state index contributed by atoms with van der Waals surface area (Å²) in [5.41, 5.74) is 0.580. The molecule has 2 aromatic rings. The van der Waals surface area contributed by atoms with E-state index in [-0.39, 0.29) is 5.91 Å². The average molecular weight is 308 g/mol. The highest BCUT2D eigenvalue weighted by atomic mass is 32.2. The van der Waals surface area contributed by atoms with E-state index in [1.807, 2.05) is 18.2 Å². The van der Waals surface area contributed by atoms with Gasteiger partial charge in [0.05, 0.1) is 17.0 Å². The van der Waals surface area contributed by atoms with E-state index >= 15 is 0 Å². The van der Waals surface area contributed by atoms with Gasteiger partial charge in [0.1, 0.15) is 4.21 Å². The number of hydrogen-bond acceptors (Lipinski definition) is 4. The van der Waals surface area contributed by atoms with Gasteiger partial charge in [0.25, 0.3) is 5.91 Å². The van der Waals surface area contributed by atoms with E-state index in [1.165, 1.54) is 11.3 Å². The first-order chi connectivity index (χ1) is 9.70. The minimum Gasteiger partial charge on any atom is -0.298 e. The van der Waals surface area contributed by atoms with E-state index in [0.717, 1.165) is 12.8 Å². The van der Waals surface area contributed by atoms with Gasteiger partial charge in [-0.25, -0.2) is 4.98 Å². The molecule has 1 amide bonds. The van der Waals surface area contributed by atoms with Crippen molar-refractivity contribution in [2.24, 2.45) is 0 Å². The number of anilines is 1. The molecule has 1 atom stereocenters. The Kier molecular flexibility index (Phi) is 5.43. The topological polar surface area (TPSA) is 59.1 Å². The van der Waals surface area contributed by atoms with Crippen molar-refractivity contribution in [2.75, 3.05) is 11.1 Å². The molecular weight excluding hydrogens is 292 g/mol.